The van der Waals surface area contributed by atoms with Gasteiger partial charge in [-0.3, -0.25) is 4.79 Å². The SMILES string of the molecule is COC(=O)C1CCCC(Br)C(=O)N1. The number of ether oxygens (including phenoxy) is 1. The first kappa shape index (κ1) is 10.5. The molecular formula is C8H12BrNO3. The average Bonchev–Trinajstić information content (AvgIpc) is 2.28. The van der Waals surface area contributed by atoms with Crippen LogP contribution in [0.15, 0.2) is 0 Å². The number of hydrogen-bond acceptors (Lipinski definition) is 3. The lowest BCUT2D eigenvalue weighted by atomic mass is 10.1. The van der Waals surface area contributed by atoms with Crippen molar-refractivity contribution in [2.24, 2.45) is 0 Å². The average molecular weight is 250 g/mol. The monoisotopic (exact) mass is 249 g/mol. The molecule has 2 unspecified atom stereocenters. The highest BCUT2D eigenvalue weighted by Crippen LogP contribution is 2.16. The van der Waals surface area contributed by atoms with Crippen LogP contribution in [0.5, 0.6) is 0 Å². The molecule has 1 aliphatic rings. The van der Waals surface area contributed by atoms with Gasteiger partial charge in [-0.05, 0) is 19.3 Å². The number of esters is 1. The second-order valence-electron chi connectivity index (χ2n) is 2.98. The Morgan fingerprint density at radius 2 is 2.31 bits per heavy atom. The van der Waals surface area contributed by atoms with Crippen molar-refractivity contribution in [2.75, 3.05) is 7.11 Å². The van der Waals surface area contributed by atoms with Crippen LogP contribution in [0.25, 0.3) is 0 Å². The third-order valence-corrected chi connectivity index (χ3v) is 2.91. The lowest BCUT2D eigenvalue weighted by molar-refractivity contribution is -0.144. The number of rotatable bonds is 1. The molecule has 0 radical (unpaired) electrons. The van der Waals surface area contributed by atoms with Crippen molar-refractivity contribution >= 4 is 27.8 Å². The van der Waals surface area contributed by atoms with Gasteiger partial charge in [0.05, 0.1) is 11.9 Å². The van der Waals surface area contributed by atoms with Crippen LogP contribution < -0.4 is 5.32 Å². The molecule has 1 amide bonds. The Bertz CT molecular complexity index is 219. The van der Waals surface area contributed by atoms with E-state index in [2.05, 4.69) is 26.0 Å². The number of carbonyl (C=O) groups excluding carboxylic acids is 2. The molecule has 1 heterocycles. The number of nitrogens with one attached hydrogen (secondary N) is 1. The molecule has 13 heavy (non-hydrogen) atoms. The van der Waals surface area contributed by atoms with E-state index < -0.39 is 6.04 Å². The molecule has 1 rings (SSSR count). The van der Waals surface area contributed by atoms with Crippen molar-refractivity contribution in [1.82, 2.24) is 5.32 Å². The largest absolute Gasteiger partial charge is 0.467 e. The van der Waals surface area contributed by atoms with Gasteiger partial charge in [-0.1, -0.05) is 15.9 Å². The maximum atomic E-state index is 11.3. The van der Waals surface area contributed by atoms with Gasteiger partial charge in [-0.25, -0.2) is 4.79 Å². The summed E-state index contributed by atoms with van der Waals surface area (Å²) < 4.78 is 4.56. The van der Waals surface area contributed by atoms with Gasteiger partial charge >= 0.3 is 5.97 Å². The molecule has 1 fully saturated rings. The van der Waals surface area contributed by atoms with Crippen molar-refractivity contribution in [2.45, 2.75) is 30.1 Å². The van der Waals surface area contributed by atoms with E-state index in [1.807, 2.05) is 0 Å². The molecule has 0 aromatic rings. The third-order valence-electron chi connectivity index (χ3n) is 2.04. The van der Waals surface area contributed by atoms with Gasteiger partial charge in [0.1, 0.15) is 6.04 Å². The molecule has 1 saturated heterocycles. The zero-order valence-corrected chi connectivity index (χ0v) is 8.96. The fourth-order valence-electron chi connectivity index (χ4n) is 1.29. The van der Waals surface area contributed by atoms with Crippen molar-refractivity contribution in [3.05, 3.63) is 0 Å². The lowest BCUT2D eigenvalue weighted by Crippen LogP contribution is -2.42. The first-order valence-corrected chi connectivity index (χ1v) is 5.09. The molecule has 1 aliphatic heterocycles. The van der Waals surface area contributed by atoms with Gasteiger partial charge < -0.3 is 10.1 Å². The highest BCUT2D eigenvalue weighted by Gasteiger charge is 2.27. The minimum atomic E-state index is -0.472. The second-order valence-corrected chi connectivity index (χ2v) is 4.09. The Morgan fingerprint density at radius 3 is 2.92 bits per heavy atom. The van der Waals surface area contributed by atoms with Crippen molar-refractivity contribution < 1.29 is 14.3 Å². The molecule has 0 bridgehead atoms. The minimum absolute atomic E-state index is 0.132. The van der Waals surface area contributed by atoms with Gasteiger partial charge in [0, 0.05) is 0 Å². The smallest absolute Gasteiger partial charge is 0.328 e. The van der Waals surface area contributed by atoms with E-state index in [1.165, 1.54) is 7.11 Å². The van der Waals surface area contributed by atoms with E-state index in [-0.39, 0.29) is 16.7 Å². The molecule has 1 N–H and O–H groups in total. The van der Waals surface area contributed by atoms with Gasteiger partial charge in [0.2, 0.25) is 5.91 Å². The molecule has 0 saturated carbocycles. The fourth-order valence-corrected chi connectivity index (χ4v) is 1.74. The number of hydrogen-bond donors (Lipinski definition) is 1. The second kappa shape index (κ2) is 4.60. The molecule has 0 aliphatic carbocycles. The number of carbonyl (C=O) groups is 2. The van der Waals surface area contributed by atoms with Crippen molar-refractivity contribution in [1.29, 1.82) is 0 Å². The summed E-state index contributed by atoms with van der Waals surface area (Å²) in [6.45, 7) is 0. The highest BCUT2D eigenvalue weighted by atomic mass is 79.9. The van der Waals surface area contributed by atoms with Crippen molar-refractivity contribution in [3.63, 3.8) is 0 Å². The Hall–Kier alpha value is -0.580. The van der Waals surface area contributed by atoms with E-state index >= 15 is 0 Å². The van der Waals surface area contributed by atoms with Crippen LogP contribution in [0.4, 0.5) is 0 Å². The first-order valence-electron chi connectivity index (χ1n) is 4.17. The Labute approximate surface area is 85.1 Å². The zero-order chi connectivity index (χ0) is 9.84. The van der Waals surface area contributed by atoms with Crippen LogP contribution in [0.3, 0.4) is 0 Å². The predicted molar refractivity (Wildman–Crippen MR) is 50.5 cm³/mol. The molecule has 4 nitrogen and oxygen atoms in total. The maximum absolute atomic E-state index is 11.3. The first-order chi connectivity index (χ1) is 6.15. The summed E-state index contributed by atoms with van der Waals surface area (Å²) in [5, 5.41) is 2.62. The Balaban J connectivity index is 2.59. The zero-order valence-electron chi connectivity index (χ0n) is 7.38. The van der Waals surface area contributed by atoms with E-state index in [4.69, 9.17) is 0 Å². The van der Waals surface area contributed by atoms with Crippen LogP contribution in [0.2, 0.25) is 0 Å². The van der Waals surface area contributed by atoms with E-state index in [1.54, 1.807) is 0 Å². The molecule has 0 aromatic carbocycles. The topological polar surface area (TPSA) is 55.4 Å². The molecule has 0 aromatic heterocycles. The van der Waals surface area contributed by atoms with E-state index in [0.717, 1.165) is 12.8 Å². The van der Waals surface area contributed by atoms with Crippen LogP contribution in [0, 0.1) is 0 Å². The van der Waals surface area contributed by atoms with Crippen LogP contribution >= 0.6 is 15.9 Å². The molecular weight excluding hydrogens is 238 g/mol. The maximum Gasteiger partial charge on any atom is 0.328 e. The molecule has 2 atom stereocenters. The third kappa shape index (κ3) is 2.69. The number of amides is 1. The summed E-state index contributed by atoms with van der Waals surface area (Å²) in [5.41, 5.74) is 0. The van der Waals surface area contributed by atoms with E-state index in [9.17, 15) is 9.59 Å². The summed E-state index contributed by atoms with van der Waals surface area (Å²) >= 11 is 3.24. The molecule has 74 valence electrons. The number of alkyl halides is 1. The summed E-state index contributed by atoms with van der Waals surface area (Å²) in [5.74, 6) is -0.497. The summed E-state index contributed by atoms with van der Waals surface area (Å²) in [4.78, 5) is 22.2. The van der Waals surface area contributed by atoms with Gasteiger partial charge in [0.15, 0.2) is 0 Å². The number of halogens is 1. The summed E-state index contributed by atoms with van der Waals surface area (Å²) in [7, 11) is 1.32. The lowest BCUT2D eigenvalue weighted by Gasteiger charge is -2.12. The molecule has 5 heteroatoms. The quantitative estimate of drug-likeness (QED) is 0.547. The summed E-state index contributed by atoms with van der Waals surface area (Å²) in [6, 6.07) is -0.472. The predicted octanol–water partition coefficient (Wildman–Crippen LogP) is 0.592. The standard InChI is InChI=1S/C8H12BrNO3/c1-13-8(12)6-4-2-3-5(9)7(11)10-6/h5-6H,2-4H2,1H3,(H,10,11). The fraction of sp³-hybridized carbons (Fsp3) is 0.750. The Morgan fingerprint density at radius 1 is 1.62 bits per heavy atom. The van der Waals surface area contributed by atoms with Gasteiger partial charge in [-0.2, -0.15) is 0 Å². The van der Waals surface area contributed by atoms with Gasteiger partial charge in [0.25, 0.3) is 0 Å². The highest BCUT2D eigenvalue weighted by molar-refractivity contribution is 9.10. The van der Waals surface area contributed by atoms with E-state index in [0.29, 0.717) is 6.42 Å². The Kier molecular flexibility index (Phi) is 3.71. The molecule has 0 spiro atoms. The van der Waals surface area contributed by atoms with Crippen LogP contribution in [0.1, 0.15) is 19.3 Å². The van der Waals surface area contributed by atoms with Crippen molar-refractivity contribution in [3.8, 4) is 0 Å². The number of methoxy groups -OCH3 is 1. The van der Waals surface area contributed by atoms with Gasteiger partial charge in [-0.15, -0.1) is 0 Å². The van der Waals surface area contributed by atoms with Crippen LogP contribution in [-0.2, 0) is 14.3 Å². The summed E-state index contributed by atoms with van der Waals surface area (Å²) in [6.07, 6.45) is 2.26. The normalized spacial score (nSPS) is 28.9. The minimum Gasteiger partial charge on any atom is -0.467 e. The van der Waals surface area contributed by atoms with Crippen LogP contribution in [-0.4, -0.2) is 29.9 Å².